The summed E-state index contributed by atoms with van der Waals surface area (Å²) in [7, 11) is 0. The van der Waals surface area contributed by atoms with E-state index in [4.69, 9.17) is 21.1 Å². The Morgan fingerprint density at radius 3 is 1.80 bits per heavy atom. The number of aliphatic carboxylic acids is 1. The molecule has 0 aliphatic rings. The predicted molar refractivity (Wildman–Crippen MR) is 80.7 cm³/mol. The number of carboxylic acids is 1. The summed E-state index contributed by atoms with van der Waals surface area (Å²) in [5, 5.41) is 34.5. The number of hydrogen-bond donors (Lipinski definition) is 8. The van der Waals surface area contributed by atoms with E-state index in [0.717, 1.165) is 0 Å². The molecule has 0 spiro atoms. The second-order valence-electron chi connectivity index (χ2n) is 4.70. The van der Waals surface area contributed by atoms with Gasteiger partial charge in [-0.3, -0.25) is 24.0 Å². The summed E-state index contributed by atoms with van der Waals surface area (Å²) in [4.78, 5) is 56.0. The van der Waals surface area contributed by atoms with Crippen molar-refractivity contribution in [2.45, 2.75) is 12.1 Å². The highest BCUT2D eigenvalue weighted by atomic mass is 16.4. The second-order valence-corrected chi connectivity index (χ2v) is 4.70. The highest BCUT2D eigenvalue weighted by Gasteiger charge is 2.23. The van der Waals surface area contributed by atoms with Crippen molar-refractivity contribution in [1.82, 2.24) is 21.3 Å². The molecular formula is C12H21N5O8. The summed E-state index contributed by atoms with van der Waals surface area (Å²) in [6.07, 6.45) is 0. The lowest BCUT2D eigenvalue weighted by atomic mass is 10.2. The maximum absolute atomic E-state index is 11.7. The minimum Gasteiger partial charge on any atom is -0.480 e. The molecule has 9 N–H and O–H groups in total. The van der Waals surface area contributed by atoms with Crippen LogP contribution in [0.4, 0.5) is 0 Å². The number of aliphatic hydroxyl groups excluding tert-OH is 2. The number of nitrogens with two attached hydrogens (primary N) is 1. The normalized spacial score (nSPS) is 12.4. The van der Waals surface area contributed by atoms with Crippen molar-refractivity contribution >= 4 is 29.6 Å². The molecule has 0 aliphatic carbocycles. The lowest BCUT2D eigenvalue weighted by Gasteiger charge is -2.18. The van der Waals surface area contributed by atoms with Crippen LogP contribution in [0, 0.1) is 0 Å². The first kappa shape index (κ1) is 22.2. The van der Waals surface area contributed by atoms with Gasteiger partial charge in [0.1, 0.15) is 18.6 Å². The van der Waals surface area contributed by atoms with Crippen LogP contribution in [0.15, 0.2) is 0 Å². The second kappa shape index (κ2) is 11.7. The maximum Gasteiger partial charge on any atom is 0.322 e. The molecule has 4 amide bonds. The Labute approximate surface area is 141 Å². The smallest absolute Gasteiger partial charge is 0.322 e. The van der Waals surface area contributed by atoms with E-state index in [0.29, 0.717) is 0 Å². The number of carbonyl (C=O) groups excluding carboxylic acids is 4. The molecule has 0 rings (SSSR count). The fraction of sp³-hybridized carbons (Fsp3) is 0.583. The third-order valence-corrected chi connectivity index (χ3v) is 2.66. The average molecular weight is 363 g/mol. The molecule has 0 saturated carbocycles. The Hall–Kier alpha value is -2.77. The molecule has 0 unspecified atom stereocenters. The van der Waals surface area contributed by atoms with E-state index in [1.54, 1.807) is 0 Å². The molecule has 0 aromatic heterocycles. The van der Waals surface area contributed by atoms with Crippen LogP contribution in [0.3, 0.4) is 0 Å². The van der Waals surface area contributed by atoms with Crippen LogP contribution >= 0.6 is 0 Å². The predicted octanol–water partition coefficient (Wildman–Crippen LogP) is -5.78. The van der Waals surface area contributed by atoms with Crippen molar-refractivity contribution in [3.8, 4) is 0 Å². The van der Waals surface area contributed by atoms with Gasteiger partial charge in [0.25, 0.3) is 0 Å². The first-order valence-corrected chi connectivity index (χ1v) is 7.01. The van der Waals surface area contributed by atoms with E-state index in [1.165, 1.54) is 0 Å². The Kier molecular flexibility index (Phi) is 10.4. The van der Waals surface area contributed by atoms with Crippen LogP contribution in [0.5, 0.6) is 0 Å². The summed E-state index contributed by atoms with van der Waals surface area (Å²) < 4.78 is 0. The van der Waals surface area contributed by atoms with Gasteiger partial charge < -0.3 is 42.3 Å². The number of hydrogen-bond acceptors (Lipinski definition) is 8. The first-order valence-electron chi connectivity index (χ1n) is 7.01. The van der Waals surface area contributed by atoms with Gasteiger partial charge in [-0.2, -0.15) is 0 Å². The molecule has 0 radical (unpaired) electrons. The molecule has 13 heteroatoms. The van der Waals surface area contributed by atoms with Crippen LogP contribution in [-0.2, 0) is 24.0 Å². The molecule has 0 bridgehead atoms. The number of rotatable bonds is 11. The zero-order valence-corrected chi connectivity index (χ0v) is 13.2. The van der Waals surface area contributed by atoms with Crippen LogP contribution < -0.4 is 27.0 Å². The van der Waals surface area contributed by atoms with Gasteiger partial charge in [0.15, 0.2) is 0 Å². The standard InChI is InChI=1S/C12H21N5O8/c13-6(4-18)11(24)17-7(5-19)12(25)16-2-9(21)14-1-8(20)15-3-10(22)23/h6-7,18-19H,1-5,13H2,(H,14,21)(H,15,20)(H,16,25)(H,17,24)(H,22,23)/t6-,7-/m0/s1. The van der Waals surface area contributed by atoms with Gasteiger partial charge in [-0.15, -0.1) is 0 Å². The first-order chi connectivity index (χ1) is 11.7. The van der Waals surface area contributed by atoms with E-state index in [2.05, 4.69) is 16.0 Å². The minimum absolute atomic E-state index is 0.493. The highest BCUT2D eigenvalue weighted by molar-refractivity contribution is 5.92. The third-order valence-electron chi connectivity index (χ3n) is 2.66. The van der Waals surface area contributed by atoms with Crippen molar-refractivity contribution in [2.75, 3.05) is 32.8 Å². The van der Waals surface area contributed by atoms with Gasteiger partial charge in [0.05, 0.1) is 26.3 Å². The third kappa shape index (κ3) is 9.85. The number of carboxylic acid groups (broad SMARTS) is 1. The van der Waals surface area contributed by atoms with Crippen LogP contribution in [0.1, 0.15) is 0 Å². The Bertz CT molecular complexity index is 512. The molecule has 25 heavy (non-hydrogen) atoms. The van der Waals surface area contributed by atoms with Gasteiger partial charge in [0, 0.05) is 0 Å². The van der Waals surface area contributed by atoms with E-state index >= 15 is 0 Å². The SMILES string of the molecule is N[C@@H](CO)C(=O)N[C@@H](CO)C(=O)NCC(=O)NCC(=O)NCC(=O)O. The summed E-state index contributed by atoms with van der Waals surface area (Å²) in [6, 6.07) is -2.65. The molecule has 142 valence electrons. The van der Waals surface area contributed by atoms with E-state index in [1.807, 2.05) is 5.32 Å². The zero-order chi connectivity index (χ0) is 19.4. The molecule has 13 nitrogen and oxygen atoms in total. The highest BCUT2D eigenvalue weighted by Crippen LogP contribution is 1.86. The monoisotopic (exact) mass is 363 g/mol. The molecule has 0 aromatic carbocycles. The fourth-order valence-electron chi connectivity index (χ4n) is 1.32. The molecule has 0 fully saturated rings. The Morgan fingerprint density at radius 1 is 0.800 bits per heavy atom. The summed E-state index contributed by atoms with van der Waals surface area (Å²) >= 11 is 0. The molecular weight excluding hydrogens is 342 g/mol. The molecule has 2 atom stereocenters. The average Bonchev–Trinajstić information content (AvgIpc) is 2.59. The van der Waals surface area contributed by atoms with Gasteiger partial charge in [-0.25, -0.2) is 0 Å². The summed E-state index contributed by atoms with van der Waals surface area (Å²) in [5.74, 6) is -4.48. The van der Waals surface area contributed by atoms with E-state index in [-0.39, 0.29) is 0 Å². The Balaban J connectivity index is 4.20. The zero-order valence-electron chi connectivity index (χ0n) is 13.2. The van der Waals surface area contributed by atoms with Crippen molar-refractivity contribution in [3.63, 3.8) is 0 Å². The van der Waals surface area contributed by atoms with Gasteiger partial charge in [0.2, 0.25) is 23.6 Å². The van der Waals surface area contributed by atoms with Crippen molar-refractivity contribution in [1.29, 1.82) is 0 Å². The molecule has 0 heterocycles. The lowest BCUT2D eigenvalue weighted by molar-refractivity contribution is -0.137. The topological polar surface area (TPSA) is 220 Å². The number of nitrogens with one attached hydrogen (secondary N) is 4. The molecule has 0 saturated heterocycles. The van der Waals surface area contributed by atoms with Gasteiger partial charge in [-0.05, 0) is 0 Å². The summed E-state index contributed by atoms with van der Waals surface area (Å²) in [5.41, 5.74) is 5.24. The quantitative estimate of drug-likeness (QED) is 0.175. The summed E-state index contributed by atoms with van der Waals surface area (Å²) in [6.45, 7) is -3.07. The van der Waals surface area contributed by atoms with Crippen LogP contribution in [-0.4, -0.2) is 89.8 Å². The molecule has 0 aliphatic heterocycles. The van der Waals surface area contributed by atoms with Crippen molar-refractivity contribution in [3.05, 3.63) is 0 Å². The van der Waals surface area contributed by atoms with E-state index < -0.39 is 74.5 Å². The number of carbonyl (C=O) groups is 5. The number of aliphatic hydroxyl groups is 2. The van der Waals surface area contributed by atoms with Crippen molar-refractivity contribution < 1.29 is 39.3 Å². The maximum atomic E-state index is 11.7. The molecule has 0 aromatic rings. The fourth-order valence-corrected chi connectivity index (χ4v) is 1.32. The number of amides is 4. The Morgan fingerprint density at radius 2 is 1.32 bits per heavy atom. The largest absolute Gasteiger partial charge is 0.480 e. The van der Waals surface area contributed by atoms with Crippen molar-refractivity contribution in [2.24, 2.45) is 5.73 Å². The van der Waals surface area contributed by atoms with Gasteiger partial charge >= 0.3 is 5.97 Å². The van der Waals surface area contributed by atoms with Crippen LogP contribution in [0.25, 0.3) is 0 Å². The van der Waals surface area contributed by atoms with Gasteiger partial charge in [-0.1, -0.05) is 0 Å². The minimum atomic E-state index is -1.38. The lowest BCUT2D eigenvalue weighted by Crippen LogP contribution is -2.55. The van der Waals surface area contributed by atoms with Crippen LogP contribution in [0.2, 0.25) is 0 Å². The van der Waals surface area contributed by atoms with E-state index in [9.17, 15) is 24.0 Å².